The molecule has 7 nitrogen and oxygen atoms in total. The van der Waals surface area contributed by atoms with Gasteiger partial charge >= 0.3 is 5.97 Å². The van der Waals surface area contributed by atoms with Crippen LogP contribution in [-0.4, -0.2) is 34.1 Å². The zero-order valence-electron chi connectivity index (χ0n) is 16.5. The molecule has 1 aromatic carbocycles. The van der Waals surface area contributed by atoms with Crippen LogP contribution >= 0.6 is 0 Å². The Kier molecular flexibility index (Phi) is 6.94. The van der Waals surface area contributed by atoms with Gasteiger partial charge in [0.15, 0.2) is 0 Å². The Balaban J connectivity index is 1.69. The summed E-state index contributed by atoms with van der Waals surface area (Å²) in [6, 6.07) is 9.45. The highest BCUT2D eigenvalue weighted by Gasteiger charge is 2.14. The number of fused-ring (bicyclic) bond motifs is 1. The van der Waals surface area contributed by atoms with Gasteiger partial charge in [-0.15, -0.1) is 0 Å². The van der Waals surface area contributed by atoms with Crippen LogP contribution in [0.25, 0.3) is 10.9 Å². The van der Waals surface area contributed by atoms with Crippen LogP contribution < -0.4 is 0 Å². The molecule has 0 unspecified atom stereocenters. The Morgan fingerprint density at radius 1 is 1.21 bits per heavy atom. The number of carbonyl (C=O) groups excluding carboxylic acids is 1. The second-order valence-corrected chi connectivity index (χ2v) is 7.05. The summed E-state index contributed by atoms with van der Waals surface area (Å²) >= 11 is 0. The topological polar surface area (TPSA) is 87.3 Å². The number of pyridine rings is 1. The van der Waals surface area contributed by atoms with E-state index in [0.717, 1.165) is 48.7 Å². The molecule has 0 amide bonds. The third-order valence-corrected chi connectivity index (χ3v) is 5.04. The van der Waals surface area contributed by atoms with Crippen molar-refractivity contribution in [3.05, 3.63) is 75.7 Å². The number of benzene rings is 1. The molecule has 0 aliphatic rings. The number of nitrogens with zero attached hydrogens (tertiary/aromatic N) is 3. The van der Waals surface area contributed by atoms with Gasteiger partial charge in [-0.3, -0.25) is 15.1 Å². The summed E-state index contributed by atoms with van der Waals surface area (Å²) in [4.78, 5) is 26.5. The minimum atomic E-state index is -0.407. The van der Waals surface area contributed by atoms with E-state index in [-0.39, 0.29) is 11.5 Å². The van der Waals surface area contributed by atoms with Crippen LogP contribution in [0.5, 0.6) is 0 Å². The molecule has 0 aliphatic carbocycles. The maximum absolute atomic E-state index is 11.9. The number of hydrogen-bond acceptors (Lipinski definition) is 5. The van der Waals surface area contributed by atoms with E-state index in [1.165, 1.54) is 12.7 Å². The molecular formula is C22H25N3O4. The number of nitro groups is 1. The molecule has 0 aliphatic heterocycles. The Labute approximate surface area is 169 Å². The van der Waals surface area contributed by atoms with Crippen molar-refractivity contribution in [2.24, 2.45) is 0 Å². The highest BCUT2D eigenvalue weighted by Crippen LogP contribution is 2.25. The van der Waals surface area contributed by atoms with E-state index >= 15 is 0 Å². The van der Waals surface area contributed by atoms with Crippen LogP contribution in [0.1, 0.15) is 40.7 Å². The molecule has 0 spiro atoms. The lowest BCUT2D eigenvalue weighted by Crippen LogP contribution is -2.04. The summed E-state index contributed by atoms with van der Waals surface area (Å²) in [7, 11) is 1.34. The first-order valence-electron chi connectivity index (χ1n) is 9.79. The van der Waals surface area contributed by atoms with Crippen molar-refractivity contribution in [1.29, 1.82) is 0 Å². The smallest absolute Gasteiger partial charge is 0.337 e. The molecule has 3 rings (SSSR count). The van der Waals surface area contributed by atoms with Crippen molar-refractivity contribution in [2.45, 2.75) is 38.6 Å². The molecule has 0 saturated carbocycles. The lowest BCUT2D eigenvalue weighted by Gasteiger charge is -2.06. The second kappa shape index (κ2) is 9.82. The van der Waals surface area contributed by atoms with Crippen LogP contribution in [0.3, 0.4) is 0 Å². The summed E-state index contributed by atoms with van der Waals surface area (Å²) in [6.07, 6.45) is 10.2. The molecule has 0 fully saturated rings. The van der Waals surface area contributed by atoms with Crippen LogP contribution in [-0.2, 0) is 24.1 Å². The molecule has 2 aromatic heterocycles. The number of aromatic nitrogens is 2. The standard InChI is InChI=1S/C22H25N3O4/c1-29-22(26)18-8-9-21-20(14-18)19(10-13-25(27)28)16-24(21)12-4-2-3-6-17-7-5-11-23-15-17/h5,7-9,11,14-16H,2-4,6,10,12-13H2,1H3. The first-order chi connectivity index (χ1) is 14.1. The summed E-state index contributed by atoms with van der Waals surface area (Å²) in [6.45, 7) is 0.701. The fourth-order valence-electron chi connectivity index (χ4n) is 3.55. The van der Waals surface area contributed by atoms with Gasteiger partial charge in [0, 0.05) is 47.4 Å². The Hall–Kier alpha value is -3.22. The summed E-state index contributed by atoms with van der Waals surface area (Å²) < 4.78 is 6.93. The number of esters is 1. The van der Waals surface area contributed by atoms with Crippen LogP contribution in [0.4, 0.5) is 0 Å². The van der Waals surface area contributed by atoms with Gasteiger partial charge in [0.1, 0.15) is 0 Å². The lowest BCUT2D eigenvalue weighted by atomic mass is 10.1. The number of hydrogen-bond donors (Lipinski definition) is 0. The third-order valence-electron chi connectivity index (χ3n) is 5.04. The molecule has 0 N–H and O–H groups in total. The van der Waals surface area contributed by atoms with Gasteiger partial charge in [-0.1, -0.05) is 12.5 Å². The monoisotopic (exact) mass is 395 g/mol. The maximum Gasteiger partial charge on any atom is 0.337 e. The van der Waals surface area contributed by atoms with Crippen molar-refractivity contribution in [2.75, 3.05) is 13.7 Å². The number of carbonyl (C=O) groups is 1. The van der Waals surface area contributed by atoms with E-state index in [4.69, 9.17) is 4.74 Å². The van der Waals surface area contributed by atoms with E-state index in [1.807, 2.05) is 24.5 Å². The fraction of sp³-hybridized carbons (Fsp3) is 0.364. The molecular weight excluding hydrogens is 370 g/mol. The Bertz CT molecular complexity index is 982. The minimum absolute atomic E-state index is 0.132. The number of methoxy groups -OCH3 is 1. The van der Waals surface area contributed by atoms with Crippen LogP contribution in [0, 0.1) is 10.1 Å². The average Bonchev–Trinajstić information content (AvgIpc) is 3.09. The highest BCUT2D eigenvalue weighted by molar-refractivity contribution is 5.95. The van der Waals surface area contributed by atoms with E-state index < -0.39 is 5.97 Å². The van der Waals surface area contributed by atoms with Crippen molar-refractivity contribution in [1.82, 2.24) is 9.55 Å². The molecule has 3 aromatic rings. The van der Waals surface area contributed by atoms with E-state index in [9.17, 15) is 14.9 Å². The normalized spacial score (nSPS) is 10.9. The van der Waals surface area contributed by atoms with Gasteiger partial charge in [-0.2, -0.15) is 0 Å². The van der Waals surface area contributed by atoms with Crippen molar-refractivity contribution >= 4 is 16.9 Å². The lowest BCUT2D eigenvalue weighted by molar-refractivity contribution is -0.479. The second-order valence-electron chi connectivity index (χ2n) is 7.05. The van der Waals surface area contributed by atoms with Crippen molar-refractivity contribution < 1.29 is 14.5 Å². The minimum Gasteiger partial charge on any atom is -0.465 e. The van der Waals surface area contributed by atoms with Gasteiger partial charge in [0.05, 0.1) is 12.7 Å². The van der Waals surface area contributed by atoms with E-state index in [2.05, 4.69) is 15.6 Å². The van der Waals surface area contributed by atoms with E-state index in [1.54, 1.807) is 18.3 Å². The predicted molar refractivity (Wildman–Crippen MR) is 111 cm³/mol. The first-order valence-corrected chi connectivity index (χ1v) is 9.79. The summed E-state index contributed by atoms with van der Waals surface area (Å²) in [5.41, 5.74) is 3.58. The molecule has 2 heterocycles. The molecule has 0 bridgehead atoms. The average molecular weight is 395 g/mol. The fourth-order valence-corrected chi connectivity index (χ4v) is 3.55. The van der Waals surface area contributed by atoms with Gasteiger partial charge < -0.3 is 9.30 Å². The summed E-state index contributed by atoms with van der Waals surface area (Å²) in [5, 5.41) is 11.7. The molecule has 0 radical (unpaired) electrons. The quantitative estimate of drug-likeness (QED) is 0.224. The number of unbranched alkanes of at least 4 members (excludes halogenated alkanes) is 2. The zero-order valence-corrected chi connectivity index (χ0v) is 16.5. The Morgan fingerprint density at radius 2 is 2.07 bits per heavy atom. The SMILES string of the molecule is COC(=O)c1ccc2c(c1)c(CC[N+](=O)[O-])cn2CCCCCc1cccnc1. The van der Waals surface area contributed by atoms with Crippen LogP contribution in [0.15, 0.2) is 48.9 Å². The zero-order chi connectivity index (χ0) is 20.6. The van der Waals surface area contributed by atoms with Gasteiger partial charge in [-0.05, 0) is 54.7 Å². The summed E-state index contributed by atoms with van der Waals surface area (Å²) in [5.74, 6) is -0.407. The Morgan fingerprint density at radius 3 is 2.79 bits per heavy atom. The maximum atomic E-state index is 11.9. The molecule has 152 valence electrons. The number of ether oxygens (including phenoxy) is 1. The number of aryl methyl sites for hydroxylation is 2. The van der Waals surface area contributed by atoms with Crippen molar-refractivity contribution in [3.8, 4) is 0 Å². The number of rotatable bonds is 10. The van der Waals surface area contributed by atoms with Crippen molar-refractivity contribution in [3.63, 3.8) is 0 Å². The predicted octanol–water partition coefficient (Wildman–Crippen LogP) is 4.06. The highest BCUT2D eigenvalue weighted by atomic mass is 16.6. The molecule has 0 saturated heterocycles. The van der Waals surface area contributed by atoms with Crippen LogP contribution in [0.2, 0.25) is 0 Å². The van der Waals surface area contributed by atoms with Gasteiger partial charge in [-0.25, -0.2) is 4.79 Å². The van der Waals surface area contributed by atoms with E-state index in [0.29, 0.717) is 12.0 Å². The molecule has 0 atom stereocenters. The molecule has 29 heavy (non-hydrogen) atoms. The third kappa shape index (κ3) is 5.40. The largest absolute Gasteiger partial charge is 0.465 e. The molecule has 7 heteroatoms. The van der Waals surface area contributed by atoms with Gasteiger partial charge in [0.2, 0.25) is 6.54 Å². The first kappa shape index (κ1) is 20.5. The van der Waals surface area contributed by atoms with Gasteiger partial charge in [0.25, 0.3) is 0 Å².